The van der Waals surface area contributed by atoms with E-state index < -0.39 is 5.97 Å². The third-order valence-corrected chi connectivity index (χ3v) is 3.91. The number of carboxylic acid groups (broad SMARTS) is 1. The maximum Gasteiger partial charge on any atom is 0.339 e. The summed E-state index contributed by atoms with van der Waals surface area (Å²) < 4.78 is 7.18. The third kappa shape index (κ3) is 3.23. The molecule has 0 bridgehead atoms. The van der Waals surface area contributed by atoms with Crippen LogP contribution in [-0.4, -0.2) is 27.4 Å². The first-order valence-corrected chi connectivity index (χ1v) is 7.95. The molecule has 2 aromatic carbocycles. The number of aromatic nitrogens is 1. The fraction of sp³-hybridized carbons (Fsp3) is 0.100. The molecule has 0 saturated carbocycles. The van der Waals surface area contributed by atoms with Gasteiger partial charge >= 0.3 is 5.97 Å². The molecule has 0 radical (unpaired) electrons. The van der Waals surface area contributed by atoms with E-state index in [0.29, 0.717) is 23.6 Å². The number of aromatic hydroxyl groups is 1. The van der Waals surface area contributed by atoms with Gasteiger partial charge in [0.15, 0.2) is 0 Å². The van der Waals surface area contributed by atoms with Crippen molar-refractivity contribution in [2.45, 2.75) is 6.92 Å². The Morgan fingerprint density at radius 3 is 2.69 bits per heavy atom. The van der Waals surface area contributed by atoms with Crippen LogP contribution in [0.4, 0.5) is 0 Å². The van der Waals surface area contributed by atoms with Crippen LogP contribution in [0.3, 0.4) is 0 Å². The van der Waals surface area contributed by atoms with E-state index in [1.54, 1.807) is 23.0 Å². The Morgan fingerprint density at radius 1 is 1.23 bits per heavy atom. The summed E-state index contributed by atoms with van der Waals surface area (Å²) in [6.07, 6.45) is 3.40. The molecule has 0 fully saturated rings. The van der Waals surface area contributed by atoms with Crippen LogP contribution in [0.25, 0.3) is 16.8 Å². The van der Waals surface area contributed by atoms with Gasteiger partial charge in [-0.3, -0.25) is 0 Å². The normalized spacial score (nSPS) is 10.3. The molecule has 0 unspecified atom stereocenters. The van der Waals surface area contributed by atoms with Crippen molar-refractivity contribution in [3.8, 4) is 34.4 Å². The highest BCUT2D eigenvalue weighted by Gasteiger charge is 2.14. The van der Waals surface area contributed by atoms with E-state index in [0.717, 1.165) is 11.1 Å². The van der Waals surface area contributed by atoms with Gasteiger partial charge in [-0.15, -0.1) is 0 Å². The van der Waals surface area contributed by atoms with Crippen molar-refractivity contribution in [3.63, 3.8) is 0 Å². The Kier molecular flexibility index (Phi) is 4.63. The lowest BCUT2D eigenvalue weighted by Gasteiger charge is -2.06. The van der Waals surface area contributed by atoms with Crippen LogP contribution < -0.4 is 4.74 Å². The lowest BCUT2D eigenvalue weighted by Crippen LogP contribution is -1.98. The minimum Gasteiger partial charge on any atom is -0.507 e. The van der Waals surface area contributed by atoms with Gasteiger partial charge in [0.2, 0.25) is 0 Å². The van der Waals surface area contributed by atoms with Crippen LogP contribution in [-0.2, 0) is 0 Å². The highest BCUT2D eigenvalue weighted by Crippen LogP contribution is 2.30. The van der Waals surface area contributed by atoms with Gasteiger partial charge in [0.05, 0.1) is 12.2 Å². The fourth-order valence-corrected chi connectivity index (χ4v) is 2.70. The van der Waals surface area contributed by atoms with Gasteiger partial charge in [-0.25, -0.2) is 4.79 Å². The van der Waals surface area contributed by atoms with E-state index in [2.05, 4.69) is 6.07 Å². The Labute approximate surface area is 150 Å². The molecule has 1 heterocycles. The molecule has 0 aliphatic carbocycles. The molecule has 0 saturated heterocycles. The number of hydrogen-bond acceptors (Lipinski definition) is 4. The summed E-state index contributed by atoms with van der Waals surface area (Å²) in [4.78, 5) is 11.0. The van der Waals surface area contributed by atoms with Gasteiger partial charge in [0.25, 0.3) is 0 Å². The summed E-state index contributed by atoms with van der Waals surface area (Å²) in [6.45, 7) is 2.45. The molecule has 6 nitrogen and oxygen atoms in total. The van der Waals surface area contributed by atoms with Crippen molar-refractivity contribution in [1.82, 2.24) is 4.57 Å². The predicted octanol–water partition coefficient (Wildman–Crippen LogP) is 3.82. The van der Waals surface area contributed by atoms with Crippen LogP contribution in [0.15, 0.2) is 54.9 Å². The van der Waals surface area contributed by atoms with E-state index in [1.165, 1.54) is 12.1 Å². The van der Waals surface area contributed by atoms with Crippen LogP contribution >= 0.6 is 0 Å². The molecule has 26 heavy (non-hydrogen) atoms. The number of carboxylic acids is 1. The topological polar surface area (TPSA) is 95.5 Å². The number of benzene rings is 2. The minimum atomic E-state index is -1.20. The van der Waals surface area contributed by atoms with E-state index in [4.69, 9.17) is 9.84 Å². The predicted molar refractivity (Wildman–Crippen MR) is 95.7 cm³/mol. The molecular formula is C20H16N2O4. The first-order valence-electron chi connectivity index (χ1n) is 7.95. The second-order valence-corrected chi connectivity index (χ2v) is 5.57. The highest BCUT2D eigenvalue weighted by molar-refractivity contribution is 5.91. The zero-order chi connectivity index (χ0) is 18.7. The van der Waals surface area contributed by atoms with Crippen molar-refractivity contribution in [1.29, 1.82) is 5.26 Å². The number of hydrogen-bond donors (Lipinski definition) is 2. The van der Waals surface area contributed by atoms with Gasteiger partial charge in [-0.2, -0.15) is 5.26 Å². The second-order valence-electron chi connectivity index (χ2n) is 5.57. The molecular weight excluding hydrogens is 332 g/mol. The van der Waals surface area contributed by atoms with E-state index in [-0.39, 0.29) is 11.3 Å². The quantitative estimate of drug-likeness (QED) is 0.731. The molecule has 130 valence electrons. The molecule has 1 aromatic heterocycles. The SMILES string of the molecule is CCOc1cccc(-c2cn(-c3ccc(C(=O)O)c(O)c3)cc2C#N)c1. The van der Waals surface area contributed by atoms with Gasteiger partial charge in [0, 0.05) is 29.7 Å². The van der Waals surface area contributed by atoms with Crippen molar-refractivity contribution in [2.24, 2.45) is 0 Å². The summed E-state index contributed by atoms with van der Waals surface area (Å²) in [5.41, 5.74) is 2.39. The van der Waals surface area contributed by atoms with Crippen LogP contribution in [0.1, 0.15) is 22.8 Å². The molecule has 0 atom stereocenters. The van der Waals surface area contributed by atoms with Gasteiger partial charge < -0.3 is 19.5 Å². The number of nitrogens with zero attached hydrogens (tertiary/aromatic N) is 2. The van der Waals surface area contributed by atoms with E-state index in [9.17, 15) is 15.2 Å². The highest BCUT2D eigenvalue weighted by atomic mass is 16.5. The fourth-order valence-electron chi connectivity index (χ4n) is 2.70. The van der Waals surface area contributed by atoms with Crippen molar-refractivity contribution in [3.05, 3.63) is 66.0 Å². The standard InChI is InChI=1S/C20H16N2O4/c1-2-26-16-5-3-4-13(8-16)18-12-22(11-14(18)10-21)15-6-7-17(20(24)25)19(23)9-15/h3-9,11-12,23H,2H2,1H3,(H,24,25). The maximum atomic E-state index is 11.0. The number of nitriles is 1. The summed E-state index contributed by atoms with van der Waals surface area (Å²) in [6, 6.07) is 13.9. The molecule has 0 spiro atoms. The summed E-state index contributed by atoms with van der Waals surface area (Å²) in [7, 11) is 0. The maximum absolute atomic E-state index is 11.0. The number of ether oxygens (including phenoxy) is 1. The second kappa shape index (κ2) is 7.03. The van der Waals surface area contributed by atoms with E-state index in [1.807, 2.05) is 31.2 Å². The smallest absolute Gasteiger partial charge is 0.339 e. The Hall–Kier alpha value is -3.72. The van der Waals surface area contributed by atoms with Crippen molar-refractivity contribution >= 4 is 5.97 Å². The van der Waals surface area contributed by atoms with Gasteiger partial charge in [-0.05, 0) is 36.8 Å². The molecule has 0 aliphatic heterocycles. The first kappa shape index (κ1) is 17.1. The van der Waals surface area contributed by atoms with Crippen LogP contribution in [0, 0.1) is 11.3 Å². The van der Waals surface area contributed by atoms with Gasteiger partial charge in [0.1, 0.15) is 23.1 Å². The third-order valence-electron chi connectivity index (χ3n) is 3.91. The molecule has 3 aromatic rings. The largest absolute Gasteiger partial charge is 0.507 e. The average Bonchev–Trinajstić information content (AvgIpc) is 3.06. The zero-order valence-electron chi connectivity index (χ0n) is 14.0. The van der Waals surface area contributed by atoms with Crippen molar-refractivity contribution < 1.29 is 19.7 Å². The summed E-state index contributed by atoms with van der Waals surface area (Å²) in [5, 5.41) is 28.4. The van der Waals surface area contributed by atoms with Crippen LogP contribution in [0.5, 0.6) is 11.5 Å². The Balaban J connectivity index is 2.05. The molecule has 2 N–H and O–H groups in total. The average molecular weight is 348 g/mol. The van der Waals surface area contributed by atoms with E-state index >= 15 is 0 Å². The number of phenols is 1. The Morgan fingerprint density at radius 2 is 2.04 bits per heavy atom. The number of aromatic carboxylic acids is 1. The lowest BCUT2D eigenvalue weighted by atomic mass is 10.1. The molecule has 6 heteroatoms. The number of carbonyl (C=O) groups is 1. The minimum absolute atomic E-state index is 0.175. The Bertz CT molecular complexity index is 1010. The summed E-state index contributed by atoms with van der Waals surface area (Å²) in [5.74, 6) is -0.820. The molecule has 3 rings (SSSR count). The van der Waals surface area contributed by atoms with Crippen molar-refractivity contribution in [2.75, 3.05) is 6.61 Å². The zero-order valence-corrected chi connectivity index (χ0v) is 14.0. The monoisotopic (exact) mass is 348 g/mol. The molecule has 0 aliphatic rings. The first-order chi connectivity index (χ1) is 12.5. The van der Waals surface area contributed by atoms with Gasteiger partial charge in [-0.1, -0.05) is 12.1 Å². The molecule has 0 amide bonds. The lowest BCUT2D eigenvalue weighted by molar-refractivity contribution is 0.0693. The summed E-state index contributed by atoms with van der Waals surface area (Å²) >= 11 is 0. The van der Waals surface area contributed by atoms with Crippen LogP contribution in [0.2, 0.25) is 0 Å². The number of rotatable bonds is 5.